The van der Waals surface area contributed by atoms with Gasteiger partial charge in [-0.1, -0.05) is 6.92 Å². The summed E-state index contributed by atoms with van der Waals surface area (Å²) >= 11 is 0. The molecule has 6 nitrogen and oxygen atoms in total. The van der Waals surface area contributed by atoms with Crippen molar-refractivity contribution in [2.75, 3.05) is 32.7 Å². The van der Waals surface area contributed by atoms with Crippen LogP contribution in [0.5, 0.6) is 0 Å². The molecule has 0 bridgehead atoms. The normalized spacial score (nSPS) is 22.8. The standard InChI is InChI=1S/C14H25N3O3/c1-2-14(5-3-6-14)15-13(20)17-8-4-7-16(9-10-17)11-12(18)19/h2-11H2,1H3,(H,15,20)(H,18,19). The molecule has 1 aliphatic heterocycles. The highest BCUT2D eigenvalue weighted by Crippen LogP contribution is 2.34. The Morgan fingerprint density at radius 2 is 1.90 bits per heavy atom. The SMILES string of the molecule is CCC1(NC(=O)N2CCCN(CC(=O)O)CC2)CCC1. The minimum atomic E-state index is -0.803. The summed E-state index contributed by atoms with van der Waals surface area (Å²) in [6.07, 6.45) is 5.17. The monoisotopic (exact) mass is 283 g/mol. The summed E-state index contributed by atoms with van der Waals surface area (Å²) in [6.45, 7) is 4.89. The molecule has 0 radical (unpaired) electrons. The highest BCUT2D eigenvalue weighted by molar-refractivity contribution is 5.75. The number of nitrogens with zero attached hydrogens (tertiary/aromatic N) is 2. The molecular formula is C14H25N3O3. The second kappa shape index (κ2) is 6.43. The van der Waals surface area contributed by atoms with Crippen molar-refractivity contribution in [1.82, 2.24) is 15.1 Å². The van der Waals surface area contributed by atoms with Crippen LogP contribution in [0, 0.1) is 0 Å². The van der Waals surface area contributed by atoms with Crippen LogP contribution in [0.3, 0.4) is 0 Å². The molecule has 2 amide bonds. The van der Waals surface area contributed by atoms with E-state index in [1.165, 1.54) is 6.42 Å². The Bertz CT molecular complexity index is 363. The number of aliphatic carboxylic acids is 1. The largest absolute Gasteiger partial charge is 0.480 e. The summed E-state index contributed by atoms with van der Waals surface area (Å²) in [4.78, 5) is 26.8. The predicted octanol–water partition coefficient (Wildman–Crippen LogP) is 1.12. The smallest absolute Gasteiger partial charge is 0.317 e. The van der Waals surface area contributed by atoms with Gasteiger partial charge in [0, 0.05) is 31.7 Å². The molecule has 20 heavy (non-hydrogen) atoms. The number of carboxylic acid groups (broad SMARTS) is 1. The van der Waals surface area contributed by atoms with Crippen molar-refractivity contribution < 1.29 is 14.7 Å². The van der Waals surface area contributed by atoms with Crippen molar-refractivity contribution in [3.63, 3.8) is 0 Å². The minimum Gasteiger partial charge on any atom is -0.480 e. The topological polar surface area (TPSA) is 72.9 Å². The predicted molar refractivity (Wildman–Crippen MR) is 75.7 cm³/mol. The number of hydrogen-bond donors (Lipinski definition) is 2. The quantitative estimate of drug-likeness (QED) is 0.811. The third kappa shape index (κ3) is 3.62. The fourth-order valence-corrected chi connectivity index (χ4v) is 3.00. The van der Waals surface area contributed by atoms with Gasteiger partial charge < -0.3 is 15.3 Å². The van der Waals surface area contributed by atoms with E-state index in [2.05, 4.69) is 12.2 Å². The summed E-state index contributed by atoms with van der Waals surface area (Å²) < 4.78 is 0. The zero-order valence-electron chi connectivity index (χ0n) is 12.2. The summed E-state index contributed by atoms with van der Waals surface area (Å²) in [7, 11) is 0. The number of hydrogen-bond acceptors (Lipinski definition) is 3. The summed E-state index contributed by atoms with van der Waals surface area (Å²) in [6, 6.07) is 0.0173. The average molecular weight is 283 g/mol. The first-order valence-corrected chi connectivity index (χ1v) is 7.56. The maximum absolute atomic E-state index is 12.3. The zero-order valence-corrected chi connectivity index (χ0v) is 12.2. The van der Waals surface area contributed by atoms with E-state index in [1.807, 2.05) is 9.80 Å². The minimum absolute atomic E-state index is 0.0173. The summed E-state index contributed by atoms with van der Waals surface area (Å²) in [5, 5.41) is 12.0. The second-order valence-electron chi connectivity index (χ2n) is 5.93. The molecule has 1 saturated carbocycles. The van der Waals surface area contributed by atoms with E-state index in [0.29, 0.717) is 19.6 Å². The number of rotatable bonds is 4. The Labute approximate surface area is 120 Å². The Hall–Kier alpha value is -1.30. The molecule has 1 heterocycles. The van der Waals surface area contributed by atoms with E-state index in [-0.39, 0.29) is 18.1 Å². The molecule has 0 unspecified atom stereocenters. The third-order valence-corrected chi connectivity index (χ3v) is 4.59. The van der Waals surface area contributed by atoms with Gasteiger partial charge in [0.05, 0.1) is 6.54 Å². The molecule has 1 saturated heterocycles. The number of carbonyl (C=O) groups is 2. The first kappa shape index (κ1) is 15.1. The van der Waals surface area contributed by atoms with Crippen LogP contribution in [-0.2, 0) is 4.79 Å². The van der Waals surface area contributed by atoms with Crippen LogP contribution in [0.25, 0.3) is 0 Å². The molecule has 6 heteroatoms. The lowest BCUT2D eigenvalue weighted by atomic mass is 9.75. The van der Waals surface area contributed by atoms with Gasteiger partial charge in [-0.05, 0) is 32.1 Å². The molecule has 0 aromatic heterocycles. The second-order valence-corrected chi connectivity index (χ2v) is 5.93. The maximum Gasteiger partial charge on any atom is 0.317 e. The maximum atomic E-state index is 12.3. The van der Waals surface area contributed by atoms with E-state index >= 15 is 0 Å². The Kier molecular flexibility index (Phi) is 4.86. The Morgan fingerprint density at radius 3 is 2.45 bits per heavy atom. The summed E-state index contributed by atoms with van der Waals surface area (Å²) in [5.41, 5.74) is 0.0180. The molecular weight excluding hydrogens is 258 g/mol. The first-order valence-electron chi connectivity index (χ1n) is 7.56. The van der Waals surface area contributed by atoms with Gasteiger partial charge in [-0.3, -0.25) is 9.69 Å². The van der Waals surface area contributed by atoms with Gasteiger partial charge >= 0.3 is 12.0 Å². The molecule has 1 aliphatic carbocycles. The van der Waals surface area contributed by atoms with E-state index in [4.69, 9.17) is 5.11 Å². The van der Waals surface area contributed by atoms with Gasteiger partial charge in [0.15, 0.2) is 0 Å². The first-order chi connectivity index (χ1) is 9.54. The van der Waals surface area contributed by atoms with E-state index in [0.717, 1.165) is 32.2 Å². The lowest BCUT2D eigenvalue weighted by molar-refractivity contribution is -0.138. The molecule has 0 spiro atoms. The molecule has 2 aliphatic rings. The number of nitrogens with one attached hydrogen (secondary N) is 1. The lowest BCUT2D eigenvalue weighted by Gasteiger charge is -2.43. The molecule has 0 atom stereocenters. The Morgan fingerprint density at radius 1 is 1.15 bits per heavy atom. The molecule has 0 aromatic rings. The number of carboxylic acids is 1. The van der Waals surface area contributed by atoms with Crippen molar-refractivity contribution in [2.45, 2.75) is 44.6 Å². The average Bonchev–Trinajstić information content (AvgIpc) is 2.58. The van der Waals surface area contributed by atoms with Crippen LogP contribution in [0.4, 0.5) is 4.79 Å². The van der Waals surface area contributed by atoms with E-state index < -0.39 is 5.97 Å². The van der Waals surface area contributed by atoms with Gasteiger partial charge in [0.1, 0.15) is 0 Å². The fraction of sp³-hybridized carbons (Fsp3) is 0.857. The number of carbonyl (C=O) groups excluding carboxylic acids is 1. The van der Waals surface area contributed by atoms with Crippen LogP contribution in [0.2, 0.25) is 0 Å². The van der Waals surface area contributed by atoms with E-state index in [1.54, 1.807) is 0 Å². The molecule has 2 rings (SSSR count). The van der Waals surface area contributed by atoms with Gasteiger partial charge in [0.25, 0.3) is 0 Å². The van der Waals surface area contributed by atoms with Crippen molar-refractivity contribution in [1.29, 1.82) is 0 Å². The molecule has 0 aromatic carbocycles. The van der Waals surface area contributed by atoms with Crippen molar-refractivity contribution in [3.05, 3.63) is 0 Å². The Balaban J connectivity index is 1.83. The van der Waals surface area contributed by atoms with Crippen LogP contribution in [-0.4, -0.2) is 65.2 Å². The lowest BCUT2D eigenvalue weighted by Crippen LogP contribution is -2.57. The van der Waals surface area contributed by atoms with Gasteiger partial charge in [-0.15, -0.1) is 0 Å². The van der Waals surface area contributed by atoms with Crippen molar-refractivity contribution >= 4 is 12.0 Å². The summed E-state index contributed by atoms with van der Waals surface area (Å²) in [5.74, 6) is -0.803. The third-order valence-electron chi connectivity index (χ3n) is 4.59. The molecule has 2 fully saturated rings. The van der Waals surface area contributed by atoms with E-state index in [9.17, 15) is 9.59 Å². The fourth-order valence-electron chi connectivity index (χ4n) is 3.00. The van der Waals surface area contributed by atoms with Gasteiger partial charge in [-0.2, -0.15) is 0 Å². The van der Waals surface area contributed by atoms with Gasteiger partial charge in [-0.25, -0.2) is 4.79 Å². The molecule has 2 N–H and O–H groups in total. The number of amides is 2. The van der Waals surface area contributed by atoms with Crippen LogP contribution in [0.1, 0.15) is 39.0 Å². The molecule has 114 valence electrons. The van der Waals surface area contributed by atoms with Crippen LogP contribution in [0.15, 0.2) is 0 Å². The number of urea groups is 1. The highest BCUT2D eigenvalue weighted by Gasteiger charge is 2.37. The van der Waals surface area contributed by atoms with Crippen LogP contribution >= 0.6 is 0 Å². The van der Waals surface area contributed by atoms with Gasteiger partial charge in [0.2, 0.25) is 0 Å². The zero-order chi connectivity index (χ0) is 14.6. The van der Waals surface area contributed by atoms with Crippen molar-refractivity contribution in [2.24, 2.45) is 0 Å². The van der Waals surface area contributed by atoms with Crippen molar-refractivity contribution in [3.8, 4) is 0 Å². The highest BCUT2D eigenvalue weighted by atomic mass is 16.4. The van der Waals surface area contributed by atoms with Crippen LogP contribution < -0.4 is 5.32 Å².